The summed E-state index contributed by atoms with van der Waals surface area (Å²) in [6.45, 7) is 3.33. The smallest absolute Gasteiger partial charge is 0.377 e. The van der Waals surface area contributed by atoms with Gasteiger partial charge in [-0.3, -0.25) is 0 Å². The first kappa shape index (κ1) is 39.2. The van der Waals surface area contributed by atoms with Gasteiger partial charge in [-0.15, -0.1) is 9.05 Å². The van der Waals surface area contributed by atoms with E-state index in [4.69, 9.17) is 74.9 Å². The molecule has 2 atom stereocenters. The molecular weight excluding hydrogens is 821 g/mol. The monoisotopic (exact) mass is 857 g/mol. The van der Waals surface area contributed by atoms with Gasteiger partial charge in [0.05, 0.1) is 93.7 Å². The average molecular weight is 860 g/mol. The van der Waals surface area contributed by atoms with Gasteiger partial charge in [-0.1, -0.05) is 46.4 Å². The van der Waals surface area contributed by atoms with Gasteiger partial charge in [-0.25, -0.2) is 19.9 Å². The molecule has 0 saturated carbocycles. The van der Waals surface area contributed by atoms with Crippen molar-refractivity contribution < 1.29 is 23.1 Å². The molecule has 0 N–H and O–H groups in total. The van der Waals surface area contributed by atoms with E-state index in [2.05, 4.69) is 19.8 Å². The molecule has 2 aliphatic rings. The van der Waals surface area contributed by atoms with E-state index in [0.717, 1.165) is 72.6 Å². The van der Waals surface area contributed by atoms with Crippen LogP contribution in [0.3, 0.4) is 0 Å². The lowest BCUT2D eigenvalue weighted by Crippen LogP contribution is -2.34. The second-order valence-electron chi connectivity index (χ2n) is 13.5. The Balaban J connectivity index is 0.784. The summed E-state index contributed by atoms with van der Waals surface area (Å²) < 4.78 is 39.1. The average Bonchev–Trinajstić information content (AvgIpc) is 4.06. The lowest BCUT2D eigenvalue weighted by atomic mass is 10.1. The number of halogens is 4. The molecule has 0 unspecified atom stereocenters. The van der Waals surface area contributed by atoms with Gasteiger partial charge in [-0.05, 0) is 49.9 Å². The van der Waals surface area contributed by atoms with Crippen molar-refractivity contribution in [3.8, 4) is 11.4 Å². The zero-order valence-corrected chi connectivity index (χ0v) is 34.1. The largest absolute Gasteiger partial charge is 0.697 e. The van der Waals surface area contributed by atoms with Crippen LogP contribution < -0.4 is 9.80 Å². The molecule has 18 heteroatoms. The van der Waals surface area contributed by atoms with Crippen molar-refractivity contribution in [3.05, 3.63) is 93.9 Å². The number of nitrogens with zero attached hydrogens (tertiary/aromatic N) is 8. The summed E-state index contributed by atoms with van der Waals surface area (Å²) >= 11 is 26.0. The Bertz CT molecular complexity index is 2160. The van der Waals surface area contributed by atoms with Gasteiger partial charge >= 0.3 is 8.25 Å². The summed E-state index contributed by atoms with van der Waals surface area (Å²) in [6, 6.07) is 11.7. The van der Waals surface area contributed by atoms with Gasteiger partial charge in [0.15, 0.2) is 0 Å². The number of anilines is 2. The number of aromatic nitrogens is 6. The highest BCUT2D eigenvalue weighted by Gasteiger charge is 2.29. The molecule has 2 saturated heterocycles. The zero-order valence-electron chi connectivity index (χ0n) is 30.1. The quantitative estimate of drug-likeness (QED) is 0.0685. The van der Waals surface area contributed by atoms with Crippen molar-refractivity contribution in [2.75, 3.05) is 62.5 Å². The molecule has 0 aliphatic carbocycles. The highest BCUT2D eigenvalue weighted by atomic mass is 35.5. The predicted octanol–water partition coefficient (Wildman–Crippen LogP) is 9.13. The minimum Gasteiger partial charge on any atom is -0.377 e. The van der Waals surface area contributed by atoms with Crippen LogP contribution in [-0.2, 0) is 23.1 Å². The highest BCUT2D eigenvalue weighted by Crippen LogP contribution is 2.38. The summed E-state index contributed by atoms with van der Waals surface area (Å²) in [4.78, 5) is 22.8. The van der Waals surface area contributed by atoms with E-state index in [-0.39, 0.29) is 38.5 Å². The van der Waals surface area contributed by atoms with E-state index in [1.165, 1.54) is 0 Å². The minimum absolute atomic E-state index is 0.0959. The number of pyridine rings is 2. The third-order valence-electron chi connectivity index (χ3n) is 10.1. The summed E-state index contributed by atoms with van der Waals surface area (Å²) in [5.41, 5.74) is 3.08. The molecule has 4 aromatic heterocycles. The van der Waals surface area contributed by atoms with Crippen molar-refractivity contribution in [3.63, 3.8) is 0 Å². The van der Waals surface area contributed by atoms with Crippen LogP contribution in [0, 0.1) is 0 Å². The topological polar surface area (TPSA) is 122 Å². The van der Waals surface area contributed by atoms with Crippen LogP contribution >= 0.6 is 54.7 Å². The molecule has 8 rings (SSSR count). The summed E-state index contributed by atoms with van der Waals surface area (Å²) in [7, 11) is -2.33. The van der Waals surface area contributed by atoms with E-state index in [1.54, 1.807) is 37.2 Å². The van der Waals surface area contributed by atoms with Gasteiger partial charge < -0.3 is 28.4 Å². The fourth-order valence-corrected chi connectivity index (χ4v) is 8.61. The molecule has 56 heavy (non-hydrogen) atoms. The van der Waals surface area contributed by atoms with Crippen LogP contribution in [0.1, 0.15) is 25.7 Å². The Labute approximate surface area is 344 Å². The maximum absolute atomic E-state index is 12.4. The van der Waals surface area contributed by atoms with Crippen LogP contribution in [0.4, 0.5) is 11.6 Å². The van der Waals surface area contributed by atoms with Crippen molar-refractivity contribution in [1.29, 1.82) is 0 Å². The third-order valence-corrected chi connectivity index (χ3v) is 12.4. The standard InChI is InChI=1S/C38H38Cl4N8O5P/c39-29-7-5-27-31(47-13-9-43-23-47)19-33(45-37(27)35(29)41)49-11-1-3-25(49)21-52-15-17-54-56(51)55-18-16-53-22-26-4-2-12-50(26)34-20-32(48-14-10-44-24-48)28-6-8-30(40)36(42)38(28)46-34/h5-10,13-14,19-20,23-26H,1-4,11-12,15-18,21-22H2/q+1/t25-,26-/m0/s1. The molecule has 0 radical (unpaired) electrons. The van der Waals surface area contributed by atoms with Crippen molar-refractivity contribution in [1.82, 2.24) is 29.1 Å². The second kappa shape index (κ2) is 17.9. The Morgan fingerprint density at radius 2 is 1.12 bits per heavy atom. The van der Waals surface area contributed by atoms with Crippen LogP contribution in [-0.4, -0.2) is 93.9 Å². The number of ether oxygens (including phenoxy) is 2. The SMILES string of the molecule is O=[P+](OCCOC[C@@H]1CCCN1c1cc(-n2ccnc2)c2ccc(Cl)c(Cl)c2n1)OCCOC[C@@H]1CCCN1c1cc(-n2ccnc2)c2ccc(Cl)c(Cl)c2n1. The minimum atomic E-state index is -2.33. The molecule has 0 spiro atoms. The Morgan fingerprint density at radius 1 is 0.661 bits per heavy atom. The van der Waals surface area contributed by atoms with Crippen molar-refractivity contribution in [2.45, 2.75) is 37.8 Å². The molecule has 0 bridgehead atoms. The Morgan fingerprint density at radius 3 is 1.55 bits per heavy atom. The molecule has 2 fully saturated rings. The van der Waals surface area contributed by atoms with Gasteiger partial charge in [0.1, 0.15) is 24.8 Å². The molecule has 6 aromatic rings. The van der Waals surface area contributed by atoms with Gasteiger partial charge in [0, 0.05) is 65.3 Å². The Kier molecular flexibility index (Phi) is 12.5. The first-order valence-corrected chi connectivity index (χ1v) is 20.9. The van der Waals surface area contributed by atoms with Gasteiger partial charge in [0.2, 0.25) is 0 Å². The van der Waals surface area contributed by atoms with Crippen LogP contribution in [0.15, 0.2) is 73.8 Å². The normalized spacial score (nSPS) is 17.2. The van der Waals surface area contributed by atoms with E-state index < -0.39 is 8.25 Å². The molecule has 292 valence electrons. The number of rotatable bonds is 16. The molecule has 13 nitrogen and oxygen atoms in total. The predicted molar refractivity (Wildman–Crippen MR) is 220 cm³/mol. The van der Waals surface area contributed by atoms with Gasteiger partial charge in [0.25, 0.3) is 0 Å². The fourth-order valence-electron chi connectivity index (χ4n) is 7.37. The van der Waals surface area contributed by atoms with Crippen molar-refractivity contribution >= 4 is 88.1 Å². The first-order chi connectivity index (χ1) is 27.4. The zero-order chi connectivity index (χ0) is 38.6. The fraction of sp³-hybridized carbons (Fsp3) is 0.368. The Hall–Kier alpha value is -3.62. The molecular formula is C38H38Cl4N8O5P+. The number of imidazole rings is 2. The second-order valence-corrected chi connectivity index (χ2v) is 16.0. The van der Waals surface area contributed by atoms with E-state index in [1.807, 2.05) is 45.8 Å². The first-order valence-electron chi connectivity index (χ1n) is 18.3. The van der Waals surface area contributed by atoms with Gasteiger partial charge in [-0.2, -0.15) is 0 Å². The molecule has 2 aliphatic heterocycles. The summed E-state index contributed by atoms with van der Waals surface area (Å²) in [6.07, 6.45) is 14.6. The maximum Gasteiger partial charge on any atom is 0.697 e. The summed E-state index contributed by atoms with van der Waals surface area (Å²) in [5, 5.41) is 3.47. The third kappa shape index (κ3) is 8.48. The number of fused-ring (bicyclic) bond motifs is 2. The molecule has 6 heterocycles. The lowest BCUT2D eigenvalue weighted by Gasteiger charge is -2.27. The number of hydrogen-bond acceptors (Lipinski definition) is 11. The highest BCUT2D eigenvalue weighted by molar-refractivity contribution is 7.33. The van der Waals surface area contributed by atoms with Crippen LogP contribution in [0.5, 0.6) is 0 Å². The molecule has 2 aromatic carbocycles. The number of hydrogen-bond donors (Lipinski definition) is 0. The lowest BCUT2D eigenvalue weighted by molar-refractivity contribution is 0.0724. The van der Waals surface area contributed by atoms with E-state index in [0.29, 0.717) is 44.3 Å². The van der Waals surface area contributed by atoms with Crippen molar-refractivity contribution in [2.24, 2.45) is 0 Å². The van der Waals surface area contributed by atoms with E-state index >= 15 is 0 Å². The van der Waals surface area contributed by atoms with Crippen LogP contribution in [0.25, 0.3) is 33.2 Å². The summed E-state index contributed by atoms with van der Waals surface area (Å²) in [5.74, 6) is 1.57. The number of benzene rings is 2. The van der Waals surface area contributed by atoms with E-state index in [9.17, 15) is 4.57 Å². The maximum atomic E-state index is 12.4. The van der Waals surface area contributed by atoms with Crippen LogP contribution in [0.2, 0.25) is 20.1 Å². The molecule has 0 amide bonds.